The van der Waals surface area contributed by atoms with Crippen LogP contribution >= 0.6 is 23.4 Å². The third kappa shape index (κ3) is 4.40. The van der Waals surface area contributed by atoms with Crippen LogP contribution in [0.1, 0.15) is 18.5 Å². The zero-order chi connectivity index (χ0) is 15.1. The van der Waals surface area contributed by atoms with E-state index in [1.165, 1.54) is 5.56 Å². The fourth-order valence-electron chi connectivity index (χ4n) is 2.12. The van der Waals surface area contributed by atoms with E-state index < -0.39 is 0 Å². The zero-order valence-electron chi connectivity index (χ0n) is 12.3. The van der Waals surface area contributed by atoms with Gasteiger partial charge in [-0.3, -0.25) is 0 Å². The summed E-state index contributed by atoms with van der Waals surface area (Å²) >= 11 is 7.96. The highest BCUT2D eigenvalue weighted by atomic mass is 35.5. The lowest BCUT2D eigenvalue weighted by molar-refractivity contribution is 0.333. The number of para-hydroxylation sites is 1. The minimum Gasteiger partial charge on any atom is -0.494 e. The van der Waals surface area contributed by atoms with Gasteiger partial charge < -0.3 is 10.1 Å². The molecule has 0 saturated heterocycles. The van der Waals surface area contributed by atoms with Gasteiger partial charge in [-0.15, -0.1) is 11.8 Å². The molecular weight excluding hydrogens is 302 g/mol. The second-order valence-electron chi connectivity index (χ2n) is 4.55. The number of rotatable bonds is 7. The number of nitrogens with one attached hydrogen (secondary N) is 1. The van der Waals surface area contributed by atoms with Crippen molar-refractivity contribution in [1.82, 2.24) is 5.32 Å². The predicted octanol–water partition coefficient (Wildman–Crippen LogP) is 4.79. The van der Waals surface area contributed by atoms with Crippen LogP contribution in [0.2, 0.25) is 5.02 Å². The van der Waals surface area contributed by atoms with Crippen molar-refractivity contribution in [2.24, 2.45) is 0 Å². The first-order valence-electron chi connectivity index (χ1n) is 7.02. The first kappa shape index (κ1) is 16.2. The largest absolute Gasteiger partial charge is 0.494 e. The molecule has 112 valence electrons. The fourth-order valence-corrected chi connectivity index (χ4v) is 3.49. The van der Waals surface area contributed by atoms with Gasteiger partial charge in [-0.25, -0.2) is 0 Å². The van der Waals surface area contributed by atoms with Gasteiger partial charge in [0.05, 0.1) is 11.6 Å². The van der Waals surface area contributed by atoms with E-state index in [-0.39, 0.29) is 6.04 Å². The summed E-state index contributed by atoms with van der Waals surface area (Å²) in [7, 11) is 1.97. The average molecular weight is 322 g/mol. The maximum atomic E-state index is 6.21. The van der Waals surface area contributed by atoms with Crippen molar-refractivity contribution in [3.05, 3.63) is 59.1 Å². The Hall–Kier alpha value is -1.16. The Balaban J connectivity index is 2.12. The summed E-state index contributed by atoms with van der Waals surface area (Å²) in [5.41, 5.74) is 1.18. The molecule has 0 aliphatic rings. The number of hydrogen-bond donors (Lipinski definition) is 1. The molecule has 2 aromatic carbocycles. The van der Waals surface area contributed by atoms with Gasteiger partial charge >= 0.3 is 0 Å². The molecular formula is C17H20ClNOS. The molecule has 0 aromatic heterocycles. The first-order chi connectivity index (χ1) is 10.3. The van der Waals surface area contributed by atoms with E-state index in [9.17, 15) is 0 Å². The number of benzene rings is 2. The number of thioether (sulfide) groups is 1. The normalized spacial score (nSPS) is 12.1. The van der Waals surface area contributed by atoms with Crippen molar-refractivity contribution in [3.63, 3.8) is 0 Å². The van der Waals surface area contributed by atoms with Gasteiger partial charge in [0, 0.05) is 22.3 Å². The molecule has 2 rings (SSSR count). The van der Waals surface area contributed by atoms with Crippen LogP contribution in [0.25, 0.3) is 0 Å². The highest BCUT2D eigenvalue weighted by Gasteiger charge is 2.15. The molecule has 1 N–H and O–H groups in total. The van der Waals surface area contributed by atoms with Crippen LogP contribution in [0.5, 0.6) is 5.75 Å². The quantitative estimate of drug-likeness (QED) is 0.741. The van der Waals surface area contributed by atoms with Crippen molar-refractivity contribution in [3.8, 4) is 5.75 Å². The third-order valence-corrected chi connectivity index (χ3v) is 4.79. The topological polar surface area (TPSA) is 21.3 Å². The average Bonchev–Trinajstić information content (AvgIpc) is 2.51. The lowest BCUT2D eigenvalue weighted by Gasteiger charge is -2.20. The van der Waals surface area contributed by atoms with E-state index in [4.69, 9.17) is 16.3 Å². The van der Waals surface area contributed by atoms with Crippen LogP contribution in [0.15, 0.2) is 53.4 Å². The monoisotopic (exact) mass is 321 g/mol. The number of hydrogen-bond acceptors (Lipinski definition) is 3. The molecule has 4 heteroatoms. The fraction of sp³-hybridized carbons (Fsp3) is 0.294. The highest BCUT2D eigenvalue weighted by Crippen LogP contribution is 2.32. The molecule has 0 heterocycles. The van der Waals surface area contributed by atoms with Crippen LogP contribution in [0.3, 0.4) is 0 Å². The Bertz CT molecular complexity index is 576. The smallest absolute Gasteiger partial charge is 0.124 e. The van der Waals surface area contributed by atoms with Crippen molar-refractivity contribution < 1.29 is 4.74 Å². The van der Waals surface area contributed by atoms with Gasteiger partial charge in [0.1, 0.15) is 5.75 Å². The summed E-state index contributed by atoms with van der Waals surface area (Å²) in [4.78, 5) is 1.10. The van der Waals surface area contributed by atoms with Gasteiger partial charge in [0.2, 0.25) is 0 Å². The molecule has 0 aliphatic heterocycles. The minimum atomic E-state index is 0.217. The van der Waals surface area contributed by atoms with E-state index in [2.05, 4.69) is 11.4 Å². The van der Waals surface area contributed by atoms with Crippen LogP contribution in [-0.4, -0.2) is 19.4 Å². The summed E-state index contributed by atoms with van der Waals surface area (Å²) in [6.45, 7) is 2.68. The molecule has 2 aromatic rings. The third-order valence-electron chi connectivity index (χ3n) is 3.18. The minimum absolute atomic E-state index is 0.217. The zero-order valence-corrected chi connectivity index (χ0v) is 13.9. The predicted molar refractivity (Wildman–Crippen MR) is 91.6 cm³/mol. The number of ether oxygens (including phenoxy) is 1. The van der Waals surface area contributed by atoms with Crippen LogP contribution in [0, 0.1) is 0 Å². The Morgan fingerprint density at radius 3 is 2.57 bits per heavy atom. The van der Waals surface area contributed by atoms with E-state index in [0.717, 1.165) is 21.4 Å². The molecule has 0 amide bonds. The lowest BCUT2D eigenvalue weighted by Crippen LogP contribution is -2.19. The van der Waals surface area contributed by atoms with Gasteiger partial charge in [-0.05, 0) is 32.2 Å². The van der Waals surface area contributed by atoms with E-state index in [1.807, 2.05) is 56.4 Å². The standard InChI is InChI=1S/C17H20ClNOS/c1-3-20-16-10-6-4-8-13(16)15(19-2)12-21-17-11-7-5-9-14(17)18/h4-11,15,19H,3,12H2,1-2H3. The summed E-state index contributed by atoms with van der Waals surface area (Å²) in [5.74, 6) is 1.84. The highest BCUT2D eigenvalue weighted by molar-refractivity contribution is 7.99. The lowest BCUT2D eigenvalue weighted by atomic mass is 10.1. The van der Waals surface area contributed by atoms with Crippen LogP contribution in [0.4, 0.5) is 0 Å². The Morgan fingerprint density at radius 1 is 1.14 bits per heavy atom. The molecule has 0 saturated carbocycles. The van der Waals surface area contributed by atoms with Crippen molar-refractivity contribution in [2.45, 2.75) is 17.9 Å². The Labute approximate surface area is 135 Å². The van der Waals surface area contributed by atoms with Crippen molar-refractivity contribution >= 4 is 23.4 Å². The summed E-state index contributed by atoms with van der Waals surface area (Å²) in [6, 6.07) is 16.3. The van der Waals surface area contributed by atoms with Gasteiger partial charge in [-0.2, -0.15) is 0 Å². The molecule has 0 bridgehead atoms. The Morgan fingerprint density at radius 2 is 1.86 bits per heavy atom. The molecule has 1 unspecified atom stereocenters. The van der Waals surface area contributed by atoms with Crippen molar-refractivity contribution in [1.29, 1.82) is 0 Å². The van der Waals surface area contributed by atoms with Gasteiger partial charge in [-0.1, -0.05) is 41.9 Å². The maximum absolute atomic E-state index is 6.21. The summed E-state index contributed by atoms with van der Waals surface area (Å²) < 4.78 is 5.72. The number of halogens is 1. The molecule has 0 radical (unpaired) electrons. The van der Waals surface area contributed by atoms with Crippen molar-refractivity contribution in [2.75, 3.05) is 19.4 Å². The van der Waals surface area contributed by atoms with Gasteiger partial charge in [0.25, 0.3) is 0 Å². The van der Waals surface area contributed by atoms with E-state index in [0.29, 0.717) is 6.61 Å². The SMILES string of the molecule is CCOc1ccccc1C(CSc1ccccc1Cl)NC. The van der Waals surface area contributed by atoms with Crippen LogP contribution in [-0.2, 0) is 0 Å². The Kier molecular flexibility index (Phi) is 6.43. The second-order valence-corrected chi connectivity index (χ2v) is 6.02. The molecule has 0 spiro atoms. The first-order valence-corrected chi connectivity index (χ1v) is 8.39. The maximum Gasteiger partial charge on any atom is 0.124 e. The molecule has 0 fully saturated rings. The van der Waals surface area contributed by atoms with Crippen LogP contribution < -0.4 is 10.1 Å². The van der Waals surface area contributed by atoms with E-state index >= 15 is 0 Å². The van der Waals surface area contributed by atoms with Gasteiger partial charge in [0.15, 0.2) is 0 Å². The molecule has 2 nitrogen and oxygen atoms in total. The van der Waals surface area contributed by atoms with E-state index in [1.54, 1.807) is 11.8 Å². The molecule has 0 aliphatic carbocycles. The molecule has 21 heavy (non-hydrogen) atoms. The molecule has 1 atom stereocenters. The second kappa shape index (κ2) is 8.32. The summed E-state index contributed by atoms with van der Waals surface area (Å²) in [6.07, 6.45) is 0. The summed E-state index contributed by atoms with van der Waals surface area (Å²) in [5, 5.41) is 4.16.